The number of hydrogen-bond donors (Lipinski definition) is 2. The summed E-state index contributed by atoms with van der Waals surface area (Å²) in [6.45, 7) is 3.88. The summed E-state index contributed by atoms with van der Waals surface area (Å²) in [5.74, 6) is 0.352. The zero-order valence-corrected chi connectivity index (χ0v) is 19.8. The van der Waals surface area contributed by atoms with E-state index in [1.165, 1.54) is 17.6 Å². The number of carbonyl (C=O) groups excluding carboxylic acids is 2. The molecule has 1 aliphatic heterocycles. The Bertz CT molecular complexity index is 1480. The van der Waals surface area contributed by atoms with E-state index < -0.39 is 0 Å². The second-order valence-electron chi connectivity index (χ2n) is 8.24. The van der Waals surface area contributed by atoms with E-state index in [4.69, 9.17) is 15.9 Å². The number of carbonyl (C=O) groups is 2. The van der Waals surface area contributed by atoms with E-state index in [2.05, 4.69) is 16.0 Å². The van der Waals surface area contributed by atoms with Crippen molar-refractivity contribution in [3.05, 3.63) is 58.7 Å². The summed E-state index contributed by atoms with van der Waals surface area (Å²) in [6, 6.07) is 13.0. The van der Waals surface area contributed by atoms with Gasteiger partial charge in [0.2, 0.25) is 0 Å². The quantitative estimate of drug-likeness (QED) is 0.415. The molecule has 4 heterocycles. The lowest BCUT2D eigenvalue weighted by molar-refractivity contribution is 0.0752. The van der Waals surface area contributed by atoms with Gasteiger partial charge in [0, 0.05) is 42.8 Å². The predicted octanol–water partition coefficient (Wildman–Crippen LogP) is 3.76. The Kier molecular flexibility index (Phi) is 5.62. The normalized spacial score (nSPS) is 13.7. The number of piperazine rings is 1. The third-order valence-electron chi connectivity index (χ3n) is 6.18. The fourth-order valence-corrected chi connectivity index (χ4v) is 5.41. The fourth-order valence-electron chi connectivity index (χ4n) is 4.33. The number of anilines is 3. The number of nitrogen functional groups attached to an aromatic ring is 2. The van der Waals surface area contributed by atoms with Gasteiger partial charge in [0.25, 0.3) is 5.91 Å². The van der Waals surface area contributed by atoms with Crippen molar-refractivity contribution in [1.29, 1.82) is 5.26 Å². The molecule has 176 valence electrons. The number of aromatic nitrogens is 1. The lowest BCUT2D eigenvalue weighted by Crippen LogP contribution is -2.48. The first-order valence-corrected chi connectivity index (χ1v) is 11.8. The Morgan fingerprint density at radius 2 is 1.83 bits per heavy atom. The van der Waals surface area contributed by atoms with Gasteiger partial charge in [-0.25, -0.2) is 4.98 Å². The first-order chi connectivity index (χ1) is 16.9. The molecule has 0 unspecified atom stereocenters. The zero-order chi connectivity index (χ0) is 24.7. The summed E-state index contributed by atoms with van der Waals surface area (Å²) in [7, 11) is 0. The number of amides is 1. The van der Waals surface area contributed by atoms with Crippen LogP contribution in [0.4, 0.5) is 17.2 Å². The van der Waals surface area contributed by atoms with Gasteiger partial charge in [0.15, 0.2) is 5.78 Å². The van der Waals surface area contributed by atoms with E-state index in [1.54, 1.807) is 24.0 Å². The molecule has 4 aromatic rings. The second kappa shape index (κ2) is 8.77. The molecular formula is C25H22N6O3S. The van der Waals surface area contributed by atoms with E-state index in [0.29, 0.717) is 58.2 Å². The average molecular weight is 487 g/mol. The van der Waals surface area contributed by atoms with Crippen LogP contribution in [0.5, 0.6) is 0 Å². The van der Waals surface area contributed by atoms with E-state index >= 15 is 0 Å². The lowest BCUT2D eigenvalue weighted by atomic mass is 10.0. The van der Waals surface area contributed by atoms with Gasteiger partial charge < -0.3 is 25.7 Å². The number of ketones is 1. The molecule has 1 aromatic carbocycles. The van der Waals surface area contributed by atoms with Crippen LogP contribution < -0.4 is 16.4 Å². The number of nitrogens with two attached hydrogens (primary N) is 2. The summed E-state index contributed by atoms with van der Waals surface area (Å²) < 4.78 is 5.54. The van der Waals surface area contributed by atoms with Gasteiger partial charge in [-0.15, -0.1) is 11.3 Å². The van der Waals surface area contributed by atoms with Crippen molar-refractivity contribution in [2.75, 3.05) is 42.5 Å². The summed E-state index contributed by atoms with van der Waals surface area (Å²) in [6.07, 6.45) is 1.50. The highest BCUT2D eigenvalue weighted by molar-refractivity contribution is 7.21. The molecule has 4 N–H and O–H groups in total. The summed E-state index contributed by atoms with van der Waals surface area (Å²) in [5, 5.41) is 10.2. The highest BCUT2D eigenvalue weighted by atomic mass is 32.1. The Morgan fingerprint density at radius 1 is 1.11 bits per heavy atom. The van der Waals surface area contributed by atoms with Crippen molar-refractivity contribution in [3.8, 4) is 17.4 Å². The number of furan rings is 1. The van der Waals surface area contributed by atoms with E-state index in [1.807, 2.05) is 24.3 Å². The SMILES string of the molecule is CC(=O)c1ccc(N2CCN(C(=O)c3sc4nc(N)c(C#N)c(-c5ccco5)c4c3N)CC2)cc1. The molecule has 0 atom stereocenters. The predicted molar refractivity (Wildman–Crippen MR) is 135 cm³/mol. The number of hydrogen-bond acceptors (Lipinski definition) is 9. The van der Waals surface area contributed by atoms with Gasteiger partial charge in [-0.1, -0.05) is 0 Å². The van der Waals surface area contributed by atoms with Gasteiger partial charge in [-0.2, -0.15) is 5.26 Å². The van der Waals surface area contributed by atoms with Crippen LogP contribution in [0.25, 0.3) is 21.5 Å². The standard InChI is InChI=1S/C25H22N6O3S/c1-14(32)15-4-6-16(7-5-15)30-8-10-31(11-9-30)25(33)22-21(27)20-19(18-3-2-12-34-18)17(13-26)23(28)29-24(20)35-22/h2-7,12H,8-11,27H2,1H3,(H2,28,29). The van der Waals surface area contributed by atoms with Crippen molar-refractivity contribution in [2.45, 2.75) is 6.92 Å². The van der Waals surface area contributed by atoms with Crippen LogP contribution in [-0.2, 0) is 0 Å². The fraction of sp³-hybridized carbons (Fsp3) is 0.200. The summed E-state index contributed by atoms with van der Waals surface area (Å²) in [4.78, 5) is 34.1. The third-order valence-corrected chi connectivity index (χ3v) is 7.27. The second-order valence-corrected chi connectivity index (χ2v) is 9.24. The smallest absolute Gasteiger partial charge is 0.266 e. The van der Waals surface area contributed by atoms with Crippen molar-refractivity contribution in [3.63, 3.8) is 0 Å². The number of thiophene rings is 1. The number of rotatable bonds is 4. The molecule has 35 heavy (non-hydrogen) atoms. The third kappa shape index (κ3) is 3.86. The van der Waals surface area contributed by atoms with Crippen LogP contribution in [0.15, 0.2) is 47.1 Å². The minimum atomic E-state index is -0.181. The number of fused-ring (bicyclic) bond motifs is 1. The Labute approximate surface area is 205 Å². The van der Waals surface area contributed by atoms with E-state index in [9.17, 15) is 14.9 Å². The Balaban J connectivity index is 1.42. The highest BCUT2D eigenvalue weighted by Gasteiger charge is 2.29. The van der Waals surface area contributed by atoms with Crippen molar-refractivity contribution in [2.24, 2.45) is 0 Å². The number of nitrogens with zero attached hydrogens (tertiary/aromatic N) is 4. The molecule has 0 bridgehead atoms. The molecule has 0 aliphatic carbocycles. The van der Waals surface area contributed by atoms with Crippen LogP contribution in [-0.4, -0.2) is 47.8 Å². The molecule has 10 heteroatoms. The molecule has 0 spiro atoms. The maximum absolute atomic E-state index is 13.4. The van der Waals surface area contributed by atoms with E-state index in [-0.39, 0.29) is 28.8 Å². The molecule has 0 saturated carbocycles. The van der Waals surface area contributed by atoms with Crippen LogP contribution in [0.1, 0.15) is 32.5 Å². The van der Waals surface area contributed by atoms with Crippen LogP contribution >= 0.6 is 11.3 Å². The molecule has 1 saturated heterocycles. The van der Waals surface area contributed by atoms with Crippen LogP contribution in [0.3, 0.4) is 0 Å². The summed E-state index contributed by atoms with van der Waals surface area (Å²) in [5.41, 5.74) is 15.1. The number of pyridine rings is 1. The molecule has 9 nitrogen and oxygen atoms in total. The van der Waals surface area contributed by atoms with Crippen LogP contribution in [0.2, 0.25) is 0 Å². The van der Waals surface area contributed by atoms with Gasteiger partial charge in [-0.05, 0) is 43.3 Å². The molecule has 0 radical (unpaired) electrons. The van der Waals surface area contributed by atoms with Gasteiger partial charge in [0.05, 0.1) is 17.5 Å². The number of benzene rings is 1. The molecular weight excluding hydrogens is 464 g/mol. The average Bonchev–Trinajstić information content (AvgIpc) is 3.51. The number of nitriles is 1. The molecule has 1 fully saturated rings. The van der Waals surface area contributed by atoms with Crippen LogP contribution in [0, 0.1) is 11.3 Å². The first-order valence-electron chi connectivity index (χ1n) is 11.0. The summed E-state index contributed by atoms with van der Waals surface area (Å²) >= 11 is 1.17. The monoisotopic (exact) mass is 486 g/mol. The highest BCUT2D eigenvalue weighted by Crippen LogP contribution is 2.43. The lowest BCUT2D eigenvalue weighted by Gasteiger charge is -2.36. The maximum atomic E-state index is 13.4. The van der Waals surface area contributed by atoms with E-state index in [0.717, 1.165) is 5.69 Å². The molecule has 3 aromatic heterocycles. The van der Waals surface area contributed by atoms with Gasteiger partial charge in [0.1, 0.15) is 32.9 Å². The van der Waals surface area contributed by atoms with Crippen molar-refractivity contribution >= 4 is 50.4 Å². The topological polar surface area (TPSA) is 142 Å². The zero-order valence-electron chi connectivity index (χ0n) is 18.9. The van der Waals surface area contributed by atoms with Gasteiger partial charge in [-0.3, -0.25) is 9.59 Å². The molecule has 1 amide bonds. The largest absolute Gasteiger partial charge is 0.464 e. The molecule has 1 aliphatic rings. The minimum absolute atomic E-state index is 0.0289. The van der Waals surface area contributed by atoms with Crippen molar-refractivity contribution < 1.29 is 14.0 Å². The van der Waals surface area contributed by atoms with Crippen molar-refractivity contribution in [1.82, 2.24) is 9.88 Å². The first kappa shape index (κ1) is 22.4. The molecule has 5 rings (SSSR count). The Morgan fingerprint density at radius 3 is 2.43 bits per heavy atom. The van der Waals surface area contributed by atoms with Gasteiger partial charge >= 0.3 is 0 Å². The number of Topliss-reactive ketones (excluding diaryl/α,β-unsaturated/α-hetero) is 1. The maximum Gasteiger partial charge on any atom is 0.266 e. The minimum Gasteiger partial charge on any atom is -0.464 e. The Hall–Kier alpha value is -4.36.